The summed E-state index contributed by atoms with van der Waals surface area (Å²) in [6.07, 6.45) is 0. The average molecular weight is 182 g/mol. The lowest BCUT2D eigenvalue weighted by atomic mass is 10.0. The molecule has 0 aliphatic rings. The second-order valence-corrected chi connectivity index (χ2v) is 3.03. The van der Waals surface area contributed by atoms with E-state index in [9.17, 15) is 5.11 Å². The Hall–Kier alpha value is -1.22. The van der Waals surface area contributed by atoms with Crippen LogP contribution in [-0.2, 0) is 6.61 Å². The van der Waals surface area contributed by atoms with Gasteiger partial charge in [-0.15, -0.1) is 0 Å². The second-order valence-electron chi connectivity index (χ2n) is 3.03. The highest BCUT2D eigenvalue weighted by atomic mass is 16.5. The van der Waals surface area contributed by atoms with E-state index < -0.39 is 0 Å². The molecule has 0 aromatic heterocycles. The molecule has 72 valence electrons. The quantitative estimate of drug-likeness (QED) is 0.728. The molecule has 1 aromatic carbocycles. The number of benzene rings is 1. The Kier molecular flexibility index (Phi) is 2.78. The first-order chi connectivity index (χ1) is 6.11. The van der Waals surface area contributed by atoms with Crippen molar-refractivity contribution in [3.63, 3.8) is 0 Å². The minimum absolute atomic E-state index is 0.0440. The van der Waals surface area contributed by atoms with Gasteiger partial charge >= 0.3 is 0 Å². The third-order valence-electron chi connectivity index (χ3n) is 2.13. The van der Waals surface area contributed by atoms with Gasteiger partial charge in [0.25, 0.3) is 0 Å². The van der Waals surface area contributed by atoms with Gasteiger partial charge in [0.05, 0.1) is 13.7 Å². The molecule has 0 aliphatic carbocycles. The lowest BCUT2D eigenvalue weighted by molar-refractivity contribution is 0.271. The molecule has 0 heterocycles. The van der Waals surface area contributed by atoms with Crippen LogP contribution in [0.1, 0.15) is 16.7 Å². The number of aryl methyl sites for hydroxylation is 2. The summed E-state index contributed by atoms with van der Waals surface area (Å²) in [6.45, 7) is 3.53. The zero-order chi connectivity index (χ0) is 10.0. The maximum Gasteiger partial charge on any atom is 0.163 e. The molecule has 0 radical (unpaired) electrons. The molecule has 3 heteroatoms. The minimum Gasteiger partial charge on any atom is -0.504 e. The molecule has 2 N–H and O–H groups in total. The molecule has 0 atom stereocenters. The normalized spacial score (nSPS) is 10.2. The van der Waals surface area contributed by atoms with Crippen molar-refractivity contribution < 1.29 is 14.9 Å². The summed E-state index contributed by atoms with van der Waals surface area (Å²) in [6, 6.07) is 1.88. The van der Waals surface area contributed by atoms with Crippen LogP contribution in [0.25, 0.3) is 0 Å². The lowest BCUT2D eigenvalue weighted by Crippen LogP contribution is -1.95. The molecular formula is C10H14O3. The molecule has 0 unspecified atom stereocenters. The zero-order valence-electron chi connectivity index (χ0n) is 8.09. The average Bonchev–Trinajstić information content (AvgIpc) is 2.04. The number of hydrogen-bond donors (Lipinski definition) is 2. The Labute approximate surface area is 77.6 Å². The first-order valence-electron chi connectivity index (χ1n) is 4.08. The number of hydrogen-bond acceptors (Lipinski definition) is 3. The van der Waals surface area contributed by atoms with Gasteiger partial charge in [0.2, 0.25) is 0 Å². The maximum atomic E-state index is 9.67. The van der Waals surface area contributed by atoms with Crippen molar-refractivity contribution in [1.82, 2.24) is 0 Å². The number of aliphatic hydroxyl groups is 1. The predicted molar refractivity (Wildman–Crippen MR) is 50.1 cm³/mol. The van der Waals surface area contributed by atoms with Crippen LogP contribution >= 0.6 is 0 Å². The van der Waals surface area contributed by atoms with Crippen molar-refractivity contribution in [3.05, 3.63) is 22.8 Å². The van der Waals surface area contributed by atoms with E-state index >= 15 is 0 Å². The van der Waals surface area contributed by atoms with E-state index in [-0.39, 0.29) is 12.4 Å². The molecule has 1 aromatic rings. The summed E-state index contributed by atoms with van der Waals surface area (Å²) in [5.41, 5.74) is 2.27. The van der Waals surface area contributed by atoms with Crippen LogP contribution in [-0.4, -0.2) is 17.3 Å². The van der Waals surface area contributed by atoms with Gasteiger partial charge in [-0.05, 0) is 25.0 Å². The topological polar surface area (TPSA) is 49.7 Å². The largest absolute Gasteiger partial charge is 0.504 e. The van der Waals surface area contributed by atoms with Crippen LogP contribution in [0.4, 0.5) is 0 Å². The van der Waals surface area contributed by atoms with E-state index in [1.807, 2.05) is 19.9 Å². The van der Waals surface area contributed by atoms with Gasteiger partial charge in [0.1, 0.15) is 0 Å². The van der Waals surface area contributed by atoms with Gasteiger partial charge in [-0.3, -0.25) is 0 Å². The number of aromatic hydroxyl groups is 1. The number of ether oxygens (including phenoxy) is 1. The van der Waals surface area contributed by atoms with Crippen LogP contribution in [0.2, 0.25) is 0 Å². The maximum absolute atomic E-state index is 9.67. The molecule has 0 saturated heterocycles. The fraction of sp³-hybridized carbons (Fsp3) is 0.400. The number of aliphatic hydroxyl groups excluding tert-OH is 1. The van der Waals surface area contributed by atoms with Gasteiger partial charge in [0.15, 0.2) is 11.5 Å². The Morgan fingerprint density at radius 1 is 1.31 bits per heavy atom. The van der Waals surface area contributed by atoms with Crippen molar-refractivity contribution in [1.29, 1.82) is 0 Å². The van der Waals surface area contributed by atoms with Gasteiger partial charge in [-0.1, -0.05) is 6.07 Å². The Balaban J connectivity index is 3.39. The summed E-state index contributed by atoms with van der Waals surface area (Å²) < 4.78 is 5.01. The number of phenols is 1. The van der Waals surface area contributed by atoms with E-state index in [1.165, 1.54) is 7.11 Å². The Morgan fingerprint density at radius 2 is 1.92 bits per heavy atom. The highest BCUT2D eigenvalue weighted by molar-refractivity contribution is 5.53. The molecular weight excluding hydrogens is 168 g/mol. The highest BCUT2D eigenvalue weighted by Crippen LogP contribution is 2.35. The van der Waals surface area contributed by atoms with E-state index in [2.05, 4.69) is 0 Å². The summed E-state index contributed by atoms with van der Waals surface area (Å²) in [7, 11) is 1.50. The van der Waals surface area contributed by atoms with Crippen LogP contribution < -0.4 is 4.74 Å². The first kappa shape index (κ1) is 9.86. The van der Waals surface area contributed by atoms with Gasteiger partial charge in [0, 0.05) is 5.56 Å². The summed E-state index contributed by atoms with van der Waals surface area (Å²) in [5.74, 6) is 0.483. The van der Waals surface area contributed by atoms with Gasteiger partial charge in [-0.25, -0.2) is 0 Å². The van der Waals surface area contributed by atoms with Crippen LogP contribution in [0.15, 0.2) is 6.07 Å². The standard InChI is InChI=1S/C10H14O3/c1-6-4-7(2)10(13-3)9(12)8(6)5-11/h4,11-12H,5H2,1-3H3. The van der Waals surface area contributed by atoms with E-state index in [0.717, 1.165) is 11.1 Å². The van der Waals surface area contributed by atoms with Gasteiger partial charge < -0.3 is 14.9 Å². The molecule has 0 bridgehead atoms. The van der Waals surface area contributed by atoms with Crippen LogP contribution in [0, 0.1) is 13.8 Å². The van der Waals surface area contributed by atoms with Gasteiger partial charge in [-0.2, -0.15) is 0 Å². The highest BCUT2D eigenvalue weighted by Gasteiger charge is 2.12. The molecule has 0 aliphatic heterocycles. The SMILES string of the molecule is COc1c(C)cc(C)c(CO)c1O. The molecule has 13 heavy (non-hydrogen) atoms. The zero-order valence-corrected chi connectivity index (χ0v) is 8.09. The molecule has 3 nitrogen and oxygen atoms in total. The van der Waals surface area contributed by atoms with Crippen molar-refractivity contribution in [2.24, 2.45) is 0 Å². The Morgan fingerprint density at radius 3 is 2.38 bits per heavy atom. The smallest absolute Gasteiger partial charge is 0.163 e. The van der Waals surface area contributed by atoms with Crippen LogP contribution in [0.5, 0.6) is 11.5 Å². The second kappa shape index (κ2) is 3.66. The summed E-state index contributed by atoms with van der Waals surface area (Å²) >= 11 is 0. The summed E-state index contributed by atoms with van der Waals surface area (Å²) in [5, 5.41) is 18.7. The van der Waals surface area contributed by atoms with Crippen LogP contribution in [0.3, 0.4) is 0 Å². The van der Waals surface area contributed by atoms with Crippen molar-refractivity contribution in [3.8, 4) is 11.5 Å². The molecule has 0 spiro atoms. The monoisotopic (exact) mass is 182 g/mol. The lowest BCUT2D eigenvalue weighted by Gasteiger charge is -2.12. The molecule has 0 saturated carbocycles. The first-order valence-corrected chi connectivity index (χ1v) is 4.08. The van der Waals surface area contributed by atoms with Crippen molar-refractivity contribution in [2.75, 3.05) is 7.11 Å². The third kappa shape index (κ3) is 1.60. The van der Waals surface area contributed by atoms with E-state index in [0.29, 0.717) is 11.3 Å². The van der Waals surface area contributed by atoms with Crippen molar-refractivity contribution in [2.45, 2.75) is 20.5 Å². The van der Waals surface area contributed by atoms with E-state index in [4.69, 9.17) is 9.84 Å². The minimum atomic E-state index is -0.172. The predicted octanol–water partition coefficient (Wildman–Crippen LogP) is 1.51. The number of rotatable bonds is 2. The Bertz CT molecular complexity index is 290. The summed E-state index contributed by atoms with van der Waals surface area (Å²) in [4.78, 5) is 0. The molecule has 0 fully saturated rings. The molecule has 1 rings (SSSR count). The third-order valence-corrected chi connectivity index (χ3v) is 2.13. The molecule has 0 amide bonds. The van der Waals surface area contributed by atoms with Crippen molar-refractivity contribution >= 4 is 0 Å². The number of methoxy groups -OCH3 is 1. The fourth-order valence-corrected chi connectivity index (χ4v) is 1.45. The van der Waals surface area contributed by atoms with E-state index in [1.54, 1.807) is 0 Å². The fourth-order valence-electron chi connectivity index (χ4n) is 1.45.